The van der Waals surface area contributed by atoms with E-state index in [-0.39, 0.29) is 30.4 Å². The van der Waals surface area contributed by atoms with Gasteiger partial charge in [0.15, 0.2) is 0 Å². The fourth-order valence-electron chi connectivity index (χ4n) is 2.92. The van der Waals surface area contributed by atoms with Crippen molar-refractivity contribution in [3.63, 3.8) is 0 Å². The molecule has 1 amide bonds. The molecule has 1 aromatic carbocycles. The normalized spacial score (nSPS) is 24.7. The van der Waals surface area contributed by atoms with Crippen molar-refractivity contribution in [2.24, 2.45) is 11.8 Å². The molecule has 0 radical (unpaired) electrons. The lowest BCUT2D eigenvalue weighted by Gasteiger charge is -2.30. The SMILES string of the molecule is CC(NC(=O)C1CCCCC1CO)c1ccccc1. The van der Waals surface area contributed by atoms with Crippen LogP contribution in [0, 0.1) is 11.8 Å². The molecule has 19 heavy (non-hydrogen) atoms. The molecule has 104 valence electrons. The Balaban J connectivity index is 1.96. The zero-order valence-electron chi connectivity index (χ0n) is 11.5. The second kappa shape index (κ2) is 6.71. The average molecular weight is 261 g/mol. The molecule has 1 aliphatic rings. The van der Waals surface area contributed by atoms with Crippen molar-refractivity contribution >= 4 is 5.91 Å². The molecule has 3 heteroatoms. The van der Waals surface area contributed by atoms with Crippen LogP contribution in [-0.2, 0) is 4.79 Å². The molecule has 1 aromatic rings. The van der Waals surface area contributed by atoms with Gasteiger partial charge < -0.3 is 10.4 Å². The second-order valence-electron chi connectivity index (χ2n) is 5.47. The van der Waals surface area contributed by atoms with Gasteiger partial charge in [-0.25, -0.2) is 0 Å². The first-order valence-corrected chi connectivity index (χ1v) is 7.18. The summed E-state index contributed by atoms with van der Waals surface area (Å²) in [4.78, 5) is 12.3. The second-order valence-corrected chi connectivity index (χ2v) is 5.47. The molecule has 2 N–H and O–H groups in total. The van der Waals surface area contributed by atoms with Crippen molar-refractivity contribution in [1.29, 1.82) is 0 Å². The van der Waals surface area contributed by atoms with Crippen LogP contribution in [0.3, 0.4) is 0 Å². The standard InChI is InChI=1S/C16H23NO2/c1-12(13-7-3-2-4-8-13)17-16(19)15-10-6-5-9-14(15)11-18/h2-4,7-8,12,14-15,18H,5-6,9-11H2,1H3,(H,17,19). The van der Waals surface area contributed by atoms with Crippen LogP contribution in [0.4, 0.5) is 0 Å². The summed E-state index contributed by atoms with van der Waals surface area (Å²) in [5.41, 5.74) is 1.12. The van der Waals surface area contributed by atoms with Gasteiger partial charge in [0.25, 0.3) is 0 Å². The molecule has 1 saturated carbocycles. The van der Waals surface area contributed by atoms with Gasteiger partial charge >= 0.3 is 0 Å². The highest BCUT2D eigenvalue weighted by atomic mass is 16.3. The third-order valence-electron chi connectivity index (χ3n) is 4.14. The zero-order chi connectivity index (χ0) is 13.7. The Kier molecular flexibility index (Phi) is 4.97. The zero-order valence-corrected chi connectivity index (χ0v) is 11.5. The molecule has 0 saturated heterocycles. The van der Waals surface area contributed by atoms with Gasteiger partial charge in [0.2, 0.25) is 5.91 Å². The third-order valence-corrected chi connectivity index (χ3v) is 4.14. The van der Waals surface area contributed by atoms with Gasteiger partial charge in [-0.05, 0) is 31.2 Å². The van der Waals surface area contributed by atoms with E-state index in [1.54, 1.807) is 0 Å². The number of nitrogens with one attached hydrogen (secondary N) is 1. The summed E-state index contributed by atoms with van der Waals surface area (Å²) in [6.07, 6.45) is 4.09. The van der Waals surface area contributed by atoms with Crippen LogP contribution in [0.5, 0.6) is 0 Å². The number of aliphatic hydroxyl groups excluding tert-OH is 1. The van der Waals surface area contributed by atoms with Crippen LogP contribution < -0.4 is 5.32 Å². The monoisotopic (exact) mass is 261 g/mol. The van der Waals surface area contributed by atoms with E-state index in [1.807, 2.05) is 37.3 Å². The minimum Gasteiger partial charge on any atom is -0.396 e. The Morgan fingerprint density at radius 3 is 2.68 bits per heavy atom. The molecular weight excluding hydrogens is 238 g/mol. The molecular formula is C16H23NO2. The van der Waals surface area contributed by atoms with Gasteiger partial charge in [-0.15, -0.1) is 0 Å². The highest BCUT2D eigenvalue weighted by Gasteiger charge is 2.30. The van der Waals surface area contributed by atoms with Crippen molar-refractivity contribution in [2.75, 3.05) is 6.61 Å². The molecule has 1 fully saturated rings. The van der Waals surface area contributed by atoms with Crippen molar-refractivity contribution in [2.45, 2.75) is 38.6 Å². The highest BCUT2D eigenvalue weighted by Crippen LogP contribution is 2.30. The fourth-order valence-corrected chi connectivity index (χ4v) is 2.92. The quantitative estimate of drug-likeness (QED) is 0.875. The molecule has 3 unspecified atom stereocenters. The number of carbonyl (C=O) groups is 1. The summed E-state index contributed by atoms with van der Waals surface area (Å²) in [6.45, 7) is 2.13. The minimum absolute atomic E-state index is 0.0231. The Bertz CT molecular complexity index is 404. The maximum Gasteiger partial charge on any atom is 0.223 e. The van der Waals surface area contributed by atoms with Crippen LogP contribution in [0.1, 0.15) is 44.2 Å². The highest BCUT2D eigenvalue weighted by molar-refractivity contribution is 5.79. The summed E-state index contributed by atoms with van der Waals surface area (Å²) in [5.74, 6) is 0.205. The molecule has 3 atom stereocenters. The predicted molar refractivity (Wildman–Crippen MR) is 75.5 cm³/mol. The number of benzene rings is 1. The number of hydrogen-bond donors (Lipinski definition) is 2. The number of aliphatic hydroxyl groups is 1. The van der Waals surface area contributed by atoms with Crippen LogP contribution in [0.15, 0.2) is 30.3 Å². The molecule has 0 bridgehead atoms. The fraction of sp³-hybridized carbons (Fsp3) is 0.562. The lowest BCUT2D eigenvalue weighted by atomic mass is 9.79. The first-order chi connectivity index (χ1) is 9.22. The van der Waals surface area contributed by atoms with Gasteiger partial charge in [-0.1, -0.05) is 43.2 Å². The van der Waals surface area contributed by atoms with Crippen LogP contribution in [0.2, 0.25) is 0 Å². The number of hydrogen-bond acceptors (Lipinski definition) is 2. The van der Waals surface area contributed by atoms with Gasteiger partial charge in [0, 0.05) is 12.5 Å². The minimum atomic E-state index is -0.0232. The maximum absolute atomic E-state index is 12.3. The Morgan fingerprint density at radius 2 is 2.00 bits per heavy atom. The van der Waals surface area contributed by atoms with E-state index in [2.05, 4.69) is 5.32 Å². The average Bonchev–Trinajstić information content (AvgIpc) is 2.48. The topological polar surface area (TPSA) is 49.3 Å². The van der Waals surface area contributed by atoms with Gasteiger partial charge in [-0.3, -0.25) is 4.79 Å². The molecule has 3 nitrogen and oxygen atoms in total. The smallest absolute Gasteiger partial charge is 0.223 e. The Morgan fingerprint density at radius 1 is 1.32 bits per heavy atom. The molecule has 0 aromatic heterocycles. The third kappa shape index (κ3) is 3.57. The summed E-state index contributed by atoms with van der Waals surface area (Å²) >= 11 is 0. The van der Waals surface area contributed by atoms with E-state index in [9.17, 15) is 9.90 Å². The molecule has 0 heterocycles. The molecule has 1 aliphatic carbocycles. The van der Waals surface area contributed by atoms with E-state index in [0.29, 0.717) is 0 Å². The van der Waals surface area contributed by atoms with E-state index in [0.717, 1.165) is 31.2 Å². The Labute approximate surface area is 115 Å². The first kappa shape index (κ1) is 14.1. The maximum atomic E-state index is 12.3. The van der Waals surface area contributed by atoms with Crippen molar-refractivity contribution in [1.82, 2.24) is 5.32 Å². The van der Waals surface area contributed by atoms with E-state index in [1.165, 1.54) is 0 Å². The van der Waals surface area contributed by atoms with Crippen LogP contribution >= 0.6 is 0 Å². The lowest BCUT2D eigenvalue weighted by Crippen LogP contribution is -2.39. The summed E-state index contributed by atoms with van der Waals surface area (Å²) in [6, 6.07) is 10.0. The summed E-state index contributed by atoms with van der Waals surface area (Å²) < 4.78 is 0. The van der Waals surface area contributed by atoms with Gasteiger partial charge in [0.1, 0.15) is 0 Å². The van der Waals surface area contributed by atoms with Crippen molar-refractivity contribution in [3.8, 4) is 0 Å². The number of amides is 1. The largest absolute Gasteiger partial charge is 0.396 e. The number of carbonyl (C=O) groups excluding carboxylic acids is 1. The van der Waals surface area contributed by atoms with Crippen molar-refractivity contribution < 1.29 is 9.90 Å². The Hall–Kier alpha value is -1.35. The lowest BCUT2D eigenvalue weighted by molar-refractivity contribution is -0.129. The molecule has 0 aliphatic heterocycles. The van der Waals surface area contributed by atoms with Gasteiger partial charge in [-0.2, -0.15) is 0 Å². The van der Waals surface area contributed by atoms with E-state index in [4.69, 9.17) is 0 Å². The van der Waals surface area contributed by atoms with Crippen LogP contribution in [0.25, 0.3) is 0 Å². The predicted octanol–water partition coefficient (Wildman–Crippen LogP) is 2.66. The molecule has 2 rings (SSSR count). The summed E-state index contributed by atoms with van der Waals surface area (Å²) in [7, 11) is 0. The van der Waals surface area contributed by atoms with Crippen LogP contribution in [-0.4, -0.2) is 17.6 Å². The van der Waals surface area contributed by atoms with Crippen molar-refractivity contribution in [3.05, 3.63) is 35.9 Å². The summed E-state index contributed by atoms with van der Waals surface area (Å²) in [5, 5.41) is 12.5. The molecule has 0 spiro atoms. The van der Waals surface area contributed by atoms with E-state index >= 15 is 0 Å². The van der Waals surface area contributed by atoms with E-state index < -0.39 is 0 Å². The number of rotatable bonds is 4. The van der Waals surface area contributed by atoms with Gasteiger partial charge in [0.05, 0.1) is 6.04 Å². The first-order valence-electron chi connectivity index (χ1n) is 7.18.